The smallest absolute Gasteiger partial charge is 0.329 e. The molecule has 35 heavy (non-hydrogen) atoms. The normalized spacial score (nSPS) is 17.0. The maximum atomic E-state index is 13.0. The van der Waals surface area contributed by atoms with Gasteiger partial charge in [0.25, 0.3) is 11.6 Å². The third-order valence-corrected chi connectivity index (χ3v) is 5.81. The molecule has 11 nitrogen and oxygen atoms in total. The lowest BCUT2D eigenvalue weighted by Crippen LogP contribution is -2.38. The summed E-state index contributed by atoms with van der Waals surface area (Å²) in [6, 6.07) is 10.9. The van der Waals surface area contributed by atoms with Crippen LogP contribution in [0.5, 0.6) is 0 Å². The van der Waals surface area contributed by atoms with Gasteiger partial charge in [-0.1, -0.05) is 25.1 Å². The number of hydrogen-bond donors (Lipinski definition) is 2. The molecule has 0 saturated carbocycles. The van der Waals surface area contributed by atoms with Crippen molar-refractivity contribution in [3.8, 4) is 0 Å². The minimum atomic E-state index is -0.737. The molecule has 0 unspecified atom stereocenters. The molecule has 4 rings (SSSR count). The first-order valence-electron chi connectivity index (χ1n) is 11.2. The Morgan fingerprint density at radius 3 is 2.66 bits per heavy atom. The van der Waals surface area contributed by atoms with Crippen LogP contribution in [0.2, 0.25) is 0 Å². The number of carbonyl (C=O) groups is 3. The van der Waals surface area contributed by atoms with Gasteiger partial charge in [0.1, 0.15) is 12.2 Å². The number of amides is 4. The highest BCUT2D eigenvalue weighted by Crippen LogP contribution is 2.29. The van der Waals surface area contributed by atoms with Crippen molar-refractivity contribution in [2.45, 2.75) is 13.3 Å². The zero-order chi connectivity index (χ0) is 24.9. The van der Waals surface area contributed by atoms with Crippen LogP contribution in [-0.2, 0) is 20.7 Å². The quantitative estimate of drug-likeness (QED) is 0.270. The first-order chi connectivity index (χ1) is 16.9. The summed E-state index contributed by atoms with van der Waals surface area (Å²) in [5.41, 5.74) is 2.44. The Morgan fingerprint density at radius 1 is 1.20 bits per heavy atom. The number of para-hydroxylation sites is 1. The third kappa shape index (κ3) is 5.30. The van der Waals surface area contributed by atoms with Crippen molar-refractivity contribution in [1.29, 1.82) is 0 Å². The van der Waals surface area contributed by atoms with Gasteiger partial charge in [0.2, 0.25) is 5.91 Å². The van der Waals surface area contributed by atoms with E-state index in [0.29, 0.717) is 49.7 Å². The highest BCUT2D eigenvalue weighted by atomic mass is 16.6. The number of nitro groups is 1. The van der Waals surface area contributed by atoms with Gasteiger partial charge in [0.15, 0.2) is 0 Å². The van der Waals surface area contributed by atoms with Crippen LogP contribution in [-0.4, -0.2) is 60.5 Å². The van der Waals surface area contributed by atoms with Crippen LogP contribution >= 0.6 is 0 Å². The number of hydrogen-bond acceptors (Lipinski definition) is 7. The number of imide groups is 1. The van der Waals surface area contributed by atoms with Crippen molar-refractivity contribution in [3.05, 3.63) is 69.4 Å². The number of ether oxygens (including phenoxy) is 1. The number of nitro benzene ring substituents is 1. The molecule has 4 amide bonds. The molecule has 11 heteroatoms. The van der Waals surface area contributed by atoms with Crippen LogP contribution in [0.1, 0.15) is 18.1 Å². The summed E-state index contributed by atoms with van der Waals surface area (Å²) in [5, 5.41) is 16.5. The van der Waals surface area contributed by atoms with Gasteiger partial charge in [-0.25, -0.2) is 9.69 Å². The number of nitrogens with one attached hydrogen (secondary N) is 2. The molecule has 182 valence electrons. The van der Waals surface area contributed by atoms with Crippen molar-refractivity contribution in [2.24, 2.45) is 0 Å². The lowest BCUT2D eigenvalue weighted by atomic mass is 10.1. The largest absolute Gasteiger partial charge is 0.378 e. The lowest BCUT2D eigenvalue weighted by Gasteiger charge is -2.30. The molecule has 0 radical (unpaired) electrons. The SMILES string of the molecule is CCc1ccccc1NC(=O)CN1C(=O)N/C(=C\c2cc([N+](=O)[O-])ccc2N2CCOCC2)C1=O. The molecule has 0 bridgehead atoms. The molecule has 2 aromatic carbocycles. The molecule has 0 aliphatic carbocycles. The van der Waals surface area contributed by atoms with Gasteiger partial charge in [-0.3, -0.25) is 19.7 Å². The average molecular weight is 479 g/mol. The van der Waals surface area contributed by atoms with Gasteiger partial charge in [-0.15, -0.1) is 0 Å². The van der Waals surface area contributed by atoms with Crippen LogP contribution in [0.4, 0.5) is 21.9 Å². The predicted molar refractivity (Wildman–Crippen MR) is 129 cm³/mol. The fourth-order valence-electron chi connectivity index (χ4n) is 4.02. The average Bonchev–Trinajstić information content (AvgIpc) is 3.12. The Bertz CT molecular complexity index is 1200. The molecule has 2 aliphatic rings. The number of urea groups is 1. The van der Waals surface area contributed by atoms with E-state index in [1.165, 1.54) is 18.2 Å². The van der Waals surface area contributed by atoms with E-state index in [9.17, 15) is 24.5 Å². The Labute approximate surface area is 201 Å². The first kappa shape index (κ1) is 23.9. The number of anilines is 2. The molecule has 2 saturated heterocycles. The van der Waals surface area contributed by atoms with Crippen molar-refractivity contribution in [2.75, 3.05) is 43.1 Å². The van der Waals surface area contributed by atoms with Crippen molar-refractivity contribution in [3.63, 3.8) is 0 Å². The monoisotopic (exact) mass is 479 g/mol. The van der Waals surface area contributed by atoms with Gasteiger partial charge in [0, 0.05) is 42.2 Å². The van der Waals surface area contributed by atoms with Crippen molar-refractivity contribution < 1.29 is 24.0 Å². The predicted octanol–water partition coefficient (Wildman–Crippen LogP) is 2.53. The second-order valence-electron chi connectivity index (χ2n) is 8.04. The summed E-state index contributed by atoms with van der Waals surface area (Å²) in [6.07, 6.45) is 2.11. The minimum Gasteiger partial charge on any atom is -0.378 e. The topological polar surface area (TPSA) is 134 Å². The van der Waals surface area contributed by atoms with Crippen LogP contribution in [0.3, 0.4) is 0 Å². The summed E-state index contributed by atoms with van der Waals surface area (Å²) in [5.74, 6) is -1.20. The van der Waals surface area contributed by atoms with E-state index in [4.69, 9.17) is 4.74 Å². The van der Waals surface area contributed by atoms with Crippen LogP contribution in [0.15, 0.2) is 48.2 Å². The second kappa shape index (κ2) is 10.3. The van der Waals surface area contributed by atoms with Crippen LogP contribution in [0.25, 0.3) is 6.08 Å². The van der Waals surface area contributed by atoms with E-state index in [1.54, 1.807) is 18.2 Å². The Balaban J connectivity index is 1.56. The second-order valence-corrected chi connectivity index (χ2v) is 8.04. The van der Waals surface area contributed by atoms with E-state index >= 15 is 0 Å². The number of morpholine rings is 1. The number of nitrogens with zero attached hydrogens (tertiary/aromatic N) is 3. The van der Waals surface area contributed by atoms with E-state index in [-0.39, 0.29) is 11.4 Å². The summed E-state index contributed by atoms with van der Waals surface area (Å²) in [6.45, 7) is 3.67. The summed E-state index contributed by atoms with van der Waals surface area (Å²) < 4.78 is 5.37. The van der Waals surface area contributed by atoms with Crippen LogP contribution < -0.4 is 15.5 Å². The van der Waals surface area contributed by atoms with Gasteiger partial charge in [-0.05, 0) is 30.2 Å². The van der Waals surface area contributed by atoms with Gasteiger partial charge >= 0.3 is 6.03 Å². The number of non-ortho nitro benzene ring substituents is 1. The Kier molecular flexibility index (Phi) is 7.06. The highest BCUT2D eigenvalue weighted by molar-refractivity contribution is 6.16. The highest BCUT2D eigenvalue weighted by Gasteiger charge is 2.35. The molecule has 2 fully saturated rings. The van der Waals surface area contributed by atoms with Crippen LogP contribution in [0, 0.1) is 10.1 Å². The fraction of sp³-hybridized carbons (Fsp3) is 0.292. The molecule has 0 aromatic heterocycles. The van der Waals surface area contributed by atoms with E-state index < -0.39 is 29.3 Å². The first-order valence-corrected chi connectivity index (χ1v) is 11.2. The van der Waals surface area contributed by atoms with Crippen molar-refractivity contribution in [1.82, 2.24) is 10.2 Å². The molecule has 0 spiro atoms. The summed E-state index contributed by atoms with van der Waals surface area (Å²) in [7, 11) is 0. The Morgan fingerprint density at radius 2 is 1.94 bits per heavy atom. The molecule has 2 aromatic rings. The van der Waals surface area contributed by atoms with E-state index in [0.717, 1.165) is 10.5 Å². The number of benzene rings is 2. The maximum Gasteiger partial charge on any atom is 0.329 e. The maximum absolute atomic E-state index is 13.0. The number of carbonyl (C=O) groups excluding carboxylic acids is 3. The van der Waals surface area contributed by atoms with Gasteiger partial charge in [-0.2, -0.15) is 0 Å². The summed E-state index contributed by atoms with van der Waals surface area (Å²) in [4.78, 5) is 51.6. The molecular formula is C24H25N5O6. The minimum absolute atomic E-state index is 0.0632. The third-order valence-electron chi connectivity index (χ3n) is 5.81. The molecule has 0 atom stereocenters. The van der Waals surface area contributed by atoms with E-state index in [1.807, 2.05) is 24.0 Å². The standard InChI is InChI=1S/C24H25N5O6/c1-2-16-5-3-4-6-19(16)25-22(30)15-28-23(31)20(26-24(28)32)14-17-13-18(29(33)34)7-8-21(17)27-9-11-35-12-10-27/h3-8,13-14H,2,9-12,15H2,1H3,(H,25,30)(H,26,32)/b20-14-. The lowest BCUT2D eigenvalue weighted by molar-refractivity contribution is -0.384. The zero-order valence-corrected chi connectivity index (χ0v) is 19.2. The fourth-order valence-corrected chi connectivity index (χ4v) is 4.02. The molecule has 2 aliphatic heterocycles. The molecule has 2 N–H and O–H groups in total. The zero-order valence-electron chi connectivity index (χ0n) is 19.2. The number of rotatable bonds is 7. The van der Waals surface area contributed by atoms with Crippen molar-refractivity contribution >= 4 is 41.0 Å². The summed E-state index contributed by atoms with van der Waals surface area (Å²) >= 11 is 0. The molecule has 2 heterocycles. The molecular weight excluding hydrogens is 454 g/mol. The van der Waals surface area contributed by atoms with E-state index in [2.05, 4.69) is 10.6 Å². The van der Waals surface area contributed by atoms with Gasteiger partial charge < -0.3 is 20.3 Å². The number of aryl methyl sites for hydroxylation is 1. The van der Waals surface area contributed by atoms with Gasteiger partial charge in [0.05, 0.1) is 18.1 Å². The Hall–Kier alpha value is -4.25.